The Labute approximate surface area is 131 Å². The number of hydrogen-bond acceptors (Lipinski definition) is 4. The molecule has 0 unspecified atom stereocenters. The average Bonchev–Trinajstić information content (AvgIpc) is 2.93. The van der Waals surface area contributed by atoms with Gasteiger partial charge in [-0.3, -0.25) is 4.79 Å². The van der Waals surface area contributed by atoms with Crippen LogP contribution in [0.25, 0.3) is 11.4 Å². The average molecular weight is 353 g/mol. The van der Waals surface area contributed by atoms with Gasteiger partial charge < -0.3 is 5.11 Å². The SMILES string of the molecule is CCC(CC)(Cn1nnnc1-c1ccc(Br)cc1)C(=O)O. The number of carboxylic acids is 1. The van der Waals surface area contributed by atoms with Crippen LogP contribution in [-0.2, 0) is 11.3 Å². The molecule has 1 aromatic heterocycles. The molecule has 0 radical (unpaired) electrons. The van der Waals surface area contributed by atoms with Crippen molar-refractivity contribution in [3.8, 4) is 11.4 Å². The summed E-state index contributed by atoms with van der Waals surface area (Å²) in [6, 6.07) is 7.59. The molecule has 0 spiro atoms. The third-order valence-electron chi connectivity index (χ3n) is 3.89. The van der Waals surface area contributed by atoms with Gasteiger partial charge in [0.1, 0.15) is 0 Å². The van der Waals surface area contributed by atoms with Gasteiger partial charge in [0.2, 0.25) is 0 Å². The van der Waals surface area contributed by atoms with E-state index in [0.717, 1.165) is 10.0 Å². The first-order valence-corrected chi connectivity index (χ1v) is 7.57. The molecule has 0 fully saturated rings. The lowest BCUT2D eigenvalue weighted by Crippen LogP contribution is -2.35. The van der Waals surface area contributed by atoms with Crippen LogP contribution in [0.5, 0.6) is 0 Å². The summed E-state index contributed by atoms with van der Waals surface area (Å²) >= 11 is 3.38. The minimum absolute atomic E-state index is 0.258. The van der Waals surface area contributed by atoms with E-state index in [1.54, 1.807) is 4.68 Å². The summed E-state index contributed by atoms with van der Waals surface area (Å²) in [6.45, 7) is 4.01. The summed E-state index contributed by atoms with van der Waals surface area (Å²) in [6.07, 6.45) is 1.05. The highest BCUT2D eigenvalue weighted by Gasteiger charge is 2.36. The molecule has 0 atom stereocenters. The predicted molar refractivity (Wildman–Crippen MR) is 81.6 cm³/mol. The molecule has 0 aliphatic rings. The van der Waals surface area contributed by atoms with Crippen molar-refractivity contribution >= 4 is 21.9 Å². The second-order valence-electron chi connectivity index (χ2n) is 4.96. The second-order valence-corrected chi connectivity index (χ2v) is 5.88. The zero-order valence-corrected chi connectivity index (χ0v) is 13.5. The van der Waals surface area contributed by atoms with E-state index in [0.29, 0.717) is 18.7 Å². The van der Waals surface area contributed by atoms with Gasteiger partial charge >= 0.3 is 5.97 Å². The lowest BCUT2D eigenvalue weighted by molar-refractivity contribution is -0.150. The molecular weight excluding hydrogens is 336 g/mol. The molecule has 0 amide bonds. The first kappa shape index (κ1) is 15.6. The highest BCUT2D eigenvalue weighted by molar-refractivity contribution is 9.10. The van der Waals surface area contributed by atoms with Crippen molar-refractivity contribution in [1.82, 2.24) is 20.2 Å². The topological polar surface area (TPSA) is 80.9 Å². The lowest BCUT2D eigenvalue weighted by Gasteiger charge is -2.26. The van der Waals surface area contributed by atoms with E-state index in [1.807, 2.05) is 38.1 Å². The Bertz CT molecular complexity index is 620. The van der Waals surface area contributed by atoms with Crippen LogP contribution in [0.2, 0.25) is 0 Å². The van der Waals surface area contributed by atoms with E-state index in [2.05, 4.69) is 31.5 Å². The number of carboxylic acid groups (broad SMARTS) is 1. The summed E-state index contributed by atoms with van der Waals surface area (Å²) in [7, 11) is 0. The van der Waals surface area contributed by atoms with Gasteiger partial charge in [-0.2, -0.15) is 0 Å². The monoisotopic (exact) mass is 352 g/mol. The number of hydrogen-bond donors (Lipinski definition) is 1. The standard InChI is InChI=1S/C14H17BrN4O2/c1-3-14(4-2,13(20)21)9-19-12(16-17-18-19)10-5-7-11(15)8-6-10/h5-8H,3-4,9H2,1-2H3,(H,20,21). The molecule has 0 saturated heterocycles. The van der Waals surface area contributed by atoms with Crippen LogP contribution in [0.15, 0.2) is 28.7 Å². The lowest BCUT2D eigenvalue weighted by atomic mass is 9.82. The highest BCUT2D eigenvalue weighted by Crippen LogP contribution is 2.30. The fourth-order valence-electron chi connectivity index (χ4n) is 2.25. The molecule has 0 aliphatic heterocycles. The molecule has 2 rings (SSSR count). The van der Waals surface area contributed by atoms with E-state index in [9.17, 15) is 9.90 Å². The summed E-state index contributed by atoms with van der Waals surface area (Å²) in [5.74, 6) is -0.236. The third-order valence-corrected chi connectivity index (χ3v) is 4.42. The van der Waals surface area contributed by atoms with E-state index in [1.165, 1.54) is 0 Å². The van der Waals surface area contributed by atoms with Crippen molar-refractivity contribution in [2.45, 2.75) is 33.2 Å². The van der Waals surface area contributed by atoms with Crippen LogP contribution in [-0.4, -0.2) is 31.3 Å². The molecule has 0 aliphatic carbocycles. The maximum atomic E-state index is 11.6. The molecule has 1 heterocycles. The number of aromatic nitrogens is 4. The number of benzene rings is 1. The molecule has 1 N–H and O–H groups in total. The Morgan fingerprint density at radius 1 is 1.29 bits per heavy atom. The molecule has 0 bridgehead atoms. The normalized spacial score (nSPS) is 11.6. The highest BCUT2D eigenvalue weighted by atomic mass is 79.9. The van der Waals surface area contributed by atoms with E-state index < -0.39 is 11.4 Å². The van der Waals surface area contributed by atoms with Gasteiger partial charge in [0.25, 0.3) is 0 Å². The van der Waals surface area contributed by atoms with E-state index in [4.69, 9.17) is 0 Å². The maximum Gasteiger partial charge on any atom is 0.311 e. The molecular formula is C14H17BrN4O2. The molecule has 21 heavy (non-hydrogen) atoms. The molecule has 0 saturated carbocycles. The van der Waals surface area contributed by atoms with Crippen molar-refractivity contribution in [2.24, 2.45) is 5.41 Å². The third kappa shape index (κ3) is 3.12. The van der Waals surface area contributed by atoms with Crippen molar-refractivity contribution in [3.05, 3.63) is 28.7 Å². The van der Waals surface area contributed by atoms with Gasteiger partial charge in [0.05, 0.1) is 12.0 Å². The van der Waals surface area contributed by atoms with E-state index >= 15 is 0 Å². The Morgan fingerprint density at radius 3 is 2.43 bits per heavy atom. The molecule has 6 nitrogen and oxygen atoms in total. The van der Waals surface area contributed by atoms with Gasteiger partial charge in [-0.25, -0.2) is 4.68 Å². The minimum Gasteiger partial charge on any atom is -0.481 e. The Balaban J connectivity index is 2.36. The van der Waals surface area contributed by atoms with Crippen LogP contribution < -0.4 is 0 Å². The van der Waals surface area contributed by atoms with Crippen LogP contribution in [0.4, 0.5) is 0 Å². The number of carbonyl (C=O) groups is 1. The zero-order chi connectivity index (χ0) is 15.5. The number of halogens is 1. The molecule has 2 aromatic rings. The molecule has 1 aromatic carbocycles. The number of tetrazole rings is 1. The van der Waals surface area contributed by atoms with Gasteiger partial charge in [-0.05, 0) is 35.4 Å². The van der Waals surface area contributed by atoms with E-state index in [-0.39, 0.29) is 6.54 Å². The Kier molecular flexibility index (Phi) is 4.72. The van der Waals surface area contributed by atoms with Crippen molar-refractivity contribution in [2.75, 3.05) is 0 Å². The second kappa shape index (κ2) is 6.34. The fraction of sp³-hybridized carbons (Fsp3) is 0.429. The summed E-state index contributed by atoms with van der Waals surface area (Å²) < 4.78 is 2.54. The van der Waals surface area contributed by atoms with Crippen molar-refractivity contribution in [1.29, 1.82) is 0 Å². The Morgan fingerprint density at radius 2 is 1.90 bits per heavy atom. The fourth-order valence-corrected chi connectivity index (χ4v) is 2.51. The Hall–Kier alpha value is -1.76. The first-order valence-electron chi connectivity index (χ1n) is 6.78. The molecule has 7 heteroatoms. The molecule has 112 valence electrons. The largest absolute Gasteiger partial charge is 0.481 e. The summed E-state index contributed by atoms with van der Waals surface area (Å²) in [5.41, 5.74) is 0.00847. The smallest absolute Gasteiger partial charge is 0.311 e. The number of aliphatic carboxylic acids is 1. The van der Waals surface area contributed by atoms with Crippen molar-refractivity contribution < 1.29 is 9.90 Å². The van der Waals surface area contributed by atoms with Gasteiger partial charge in [0.15, 0.2) is 5.82 Å². The summed E-state index contributed by atoms with van der Waals surface area (Å²) in [5, 5.41) is 21.2. The van der Waals surface area contributed by atoms with Crippen molar-refractivity contribution in [3.63, 3.8) is 0 Å². The van der Waals surface area contributed by atoms with Crippen LogP contribution in [0.1, 0.15) is 26.7 Å². The minimum atomic E-state index is -0.848. The van der Waals surface area contributed by atoms with Crippen LogP contribution in [0.3, 0.4) is 0 Å². The van der Waals surface area contributed by atoms with Crippen LogP contribution >= 0.6 is 15.9 Å². The quantitative estimate of drug-likeness (QED) is 0.864. The first-order chi connectivity index (χ1) is 10.0. The maximum absolute atomic E-state index is 11.6. The number of nitrogens with zero attached hydrogens (tertiary/aromatic N) is 4. The number of rotatable bonds is 6. The van der Waals surface area contributed by atoms with Gasteiger partial charge in [-0.1, -0.05) is 41.9 Å². The summed E-state index contributed by atoms with van der Waals surface area (Å²) in [4.78, 5) is 11.6. The van der Waals surface area contributed by atoms with Gasteiger partial charge in [0, 0.05) is 10.0 Å². The predicted octanol–water partition coefficient (Wildman–Crippen LogP) is 2.99. The van der Waals surface area contributed by atoms with Gasteiger partial charge in [-0.15, -0.1) is 5.10 Å². The zero-order valence-electron chi connectivity index (χ0n) is 12.0. The van der Waals surface area contributed by atoms with Crippen LogP contribution in [0, 0.1) is 5.41 Å².